The Kier molecular flexibility index (Phi) is 8.02. The maximum Gasteiger partial charge on any atom is 0.0553 e. The highest BCUT2D eigenvalue weighted by Gasteiger charge is 2.26. The van der Waals surface area contributed by atoms with E-state index in [1.165, 1.54) is 121 Å². The minimum absolute atomic E-state index is 1.14. The number of fused-ring (bicyclic) bond motifs is 10. The lowest BCUT2D eigenvalue weighted by molar-refractivity contribution is 1.18. The Hall–Kier alpha value is -8.72. The number of hydrogen-bond donors (Lipinski definition) is 0. The molecule has 1 aliphatic carbocycles. The second-order valence-corrected chi connectivity index (χ2v) is 17.7. The molecule has 0 fully saturated rings. The lowest BCUT2D eigenvalue weighted by atomic mass is 9.96. The van der Waals surface area contributed by atoms with Gasteiger partial charge in [-0.15, -0.1) is 0 Å². The van der Waals surface area contributed by atoms with Crippen LogP contribution in [-0.2, 0) is 0 Å². The van der Waals surface area contributed by atoms with Crippen molar-refractivity contribution in [3.8, 4) is 78.1 Å². The first-order valence-electron chi connectivity index (χ1n) is 22.8. The van der Waals surface area contributed by atoms with Gasteiger partial charge in [0.25, 0.3) is 0 Å². The predicted molar refractivity (Wildman–Crippen MR) is 279 cm³/mol. The summed E-state index contributed by atoms with van der Waals surface area (Å²) in [5, 5.41) is 7.65. The number of hydrogen-bond acceptors (Lipinski definition) is 0. The van der Waals surface area contributed by atoms with E-state index in [0.29, 0.717) is 0 Å². The predicted octanol–water partition coefficient (Wildman–Crippen LogP) is 17.3. The van der Waals surface area contributed by atoms with Crippen molar-refractivity contribution >= 4 is 54.4 Å². The maximum absolute atomic E-state index is 2.49. The number of nitrogens with zero attached hydrogens (tertiary/aromatic N) is 2. The van der Waals surface area contributed by atoms with Crippen LogP contribution in [0, 0.1) is 0 Å². The molecule has 0 N–H and O–H groups in total. The van der Waals surface area contributed by atoms with E-state index < -0.39 is 0 Å². The van der Waals surface area contributed by atoms with E-state index in [2.05, 4.69) is 252 Å². The van der Waals surface area contributed by atoms with Gasteiger partial charge < -0.3 is 9.13 Å². The topological polar surface area (TPSA) is 9.86 Å². The van der Waals surface area contributed by atoms with Crippen LogP contribution in [0.2, 0.25) is 0 Å². The van der Waals surface area contributed by atoms with E-state index in [9.17, 15) is 0 Å². The highest BCUT2D eigenvalue weighted by molar-refractivity contribution is 6.29. The summed E-state index contributed by atoms with van der Waals surface area (Å²) >= 11 is 0. The van der Waals surface area contributed by atoms with Crippen LogP contribution >= 0.6 is 0 Å². The molecule has 0 unspecified atom stereocenters. The fourth-order valence-electron chi connectivity index (χ4n) is 11.1. The van der Waals surface area contributed by atoms with Crippen molar-refractivity contribution in [2.75, 3.05) is 0 Å². The third-order valence-corrected chi connectivity index (χ3v) is 14.0. The van der Waals surface area contributed by atoms with Gasteiger partial charge in [-0.25, -0.2) is 0 Å². The first-order valence-corrected chi connectivity index (χ1v) is 22.8. The van der Waals surface area contributed by atoms with Gasteiger partial charge in [-0.3, -0.25) is 0 Å². The number of aromatic nitrogens is 2. The first kappa shape index (κ1) is 36.7. The quantitative estimate of drug-likeness (QED) is 0.158. The summed E-state index contributed by atoms with van der Waals surface area (Å²) in [6, 6.07) is 89.5. The van der Waals surface area contributed by atoms with Crippen molar-refractivity contribution in [1.82, 2.24) is 9.13 Å². The Morgan fingerprint density at radius 1 is 0.197 bits per heavy atom. The molecule has 1 aliphatic rings. The number of rotatable bonds is 6. The van der Waals surface area contributed by atoms with E-state index in [1.807, 2.05) is 0 Å². The molecule has 2 nitrogen and oxygen atoms in total. The minimum Gasteiger partial charge on any atom is -0.309 e. The van der Waals surface area contributed by atoms with Gasteiger partial charge in [0, 0.05) is 32.9 Å². The molecule has 13 aromatic rings. The average Bonchev–Trinajstić information content (AvgIpc) is 4.03. The van der Waals surface area contributed by atoms with Gasteiger partial charge in [-0.2, -0.15) is 0 Å². The smallest absolute Gasteiger partial charge is 0.0553 e. The van der Waals surface area contributed by atoms with Crippen LogP contribution in [0.1, 0.15) is 0 Å². The number of benzene rings is 11. The Morgan fingerprint density at radius 3 is 1.36 bits per heavy atom. The zero-order chi connectivity index (χ0) is 43.3. The number of para-hydroxylation sites is 1. The fraction of sp³-hybridized carbons (Fsp3) is 0. The summed E-state index contributed by atoms with van der Waals surface area (Å²) in [7, 11) is 0. The molecule has 0 atom stereocenters. The van der Waals surface area contributed by atoms with Crippen molar-refractivity contribution in [2.45, 2.75) is 0 Å². The van der Waals surface area contributed by atoms with E-state index in [0.717, 1.165) is 11.4 Å². The standard InChI is InChI=1S/C64H40N2/c1-4-16-41(17-5-1)44-22-14-23-49(35-44)65-61-33-31-46(39-58(61)64-55-28-15-27-54-51-24-10-11-25-52(51)57(63(54)55)40-62(64)65)45-30-32-60-56(38-45)53-26-12-13-29-59(53)66(60)50-36-47(42-18-6-2-7-19-42)34-48(37-50)43-20-8-3-9-21-43/h1-40H. The molecule has 14 rings (SSSR count). The van der Waals surface area contributed by atoms with Crippen LogP contribution in [0.15, 0.2) is 243 Å². The van der Waals surface area contributed by atoms with E-state index in [1.54, 1.807) is 0 Å². The van der Waals surface area contributed by atoms with Gasteiger partial charge >= 0.3 is 0 Å². The molecule has 2 aromatic heterocycles. The van der Waals surface area contributed by atoms with E-state index >= 15 is 0 Å². The van der Waals surface area contributed by atoms with Crippen molar-refractivity contribution in [3.05, 3.63) is 243 Å². The normalized spacial score (nSPS) is 11.9. The summed E-state index contributed by atoms with van der Waals surface area (Å²) in [5.41, 5.74) is 21.9. The average molecular weight is 837 g/mol. The summed E-state index contributed by atoms with van der Waals surface area (Å²) in [6.07, 6.45) is 0. The highest BCUT2D eigenvalue weighted by Crippen LogP contribution is 2.51. The molecular weight excluding hydrogens is 797 g/mol. The van der Waals surface area contributed by atoms with Crippen molar-refractivity contribution < 1.29 is 0 Å². The largest absolute Gasteiger partial charge is 0.309 e. The molecular formula is C64H40N2. The first-order chi connectivity index (χ1) is 32.7. The van der Waals surface area contributed by atoms with Crippen molar-refractivity contribution in [2.24, 2.45) is 0 Å². The minimum atomic E-state index is 1.14. The van der Waals surface area contributed by atoms with Crippen LogP contribution < -0.4 is 0 Å². The van der Waals surface area contributed by atoms with Gasteiger partial charge in [-0.05, 0) is 144 Å². The highest BCUT2D eigenvalue weighted by atomic mass is 15.0. The molecule has 0 bridgehead atoms. The zero-order valence-corrected chi connectivity index (χ0v) is 36.0. The SMILES string of the molecule is c1ccc(-c2cc(-c3ccccc3)cc(-n3c4ccccc4c4cc(-c5ccc6c(c5)c5c7cccc8c7c(cc5n6-c5cccc(-c6ccccc6)c5)-c5ccccc5-8)ccc43)c2)cc1. The van der Waals surface area contributed by atoms with E-state index in [-0.39, 0.29) is 0 Å². The summed E-state index contributed by atoms with van der Waals surface area (Å²) in [5.74, 6) is 0. The molecule has 0 saturated carbocycles. The van der Waals surface area contributed by atoms with Gasteiger partial charge in [0.05, 0.1) is 22.1 Å². The molecule has 66 heavy (non-hydrogen) atoms. The Balaban J connectivity index is 0.991. The van der Waals surface area contributed by atoms with Gasteiger partial charge in [-0.1, -0.05) is 176 Å². The van der Waals surface area contributed by atoms with Gasteiger partial charge in [0.2, 0.25) is 0 Å². The van der Waals surface area contributed by atoms with Crippen molar-refractivity contribution in [1.29, 1.82) is 0 Å². The molecule has 0 amide bonds. The van der Waals surface area contributed by atoms with Crippen molar-refractivity contribution in [3.63, 3.8) is 0 Å². The summed E-state index contributed by atoms with van der Waals surface area (Å²) < 4.78 is 4.95. The van der Waals surface area contributed by atoms with Crippen LogP contribution in [0.3, 0.4) is 0 Å². The van der Waals surface area contributed by atoms with Crippen LogP contribution in [0.25, 0.3) is 133 Å². The molecule has 0 aliphatic heterocycles. The second kappa shape index (κ2) is 14.4. The van der Waals surface area contributed by atoms with E-state index in [4.69, 9.17) is 0 Å². The molecule has 306 valence electrons. The second-order valence-electron chi connectivity index (χ2n) is 17.7. The third-order valence-electron chi connectivity index (χ3n) is 14.0. The Bertz CT molecular complexity index is 4020. The fourth-order valence-corrected chi connectivity index (χ4v) is 11.1. The molecule has 0 radical (unpaired) electrons. The Labute approximate surface area is 382 Å². The lowest BCUT2D eigenvalue weighted by Gasteiger charge is -2.14. The molecule has 2 heterocycles. The van der Waals surface area contributed by atoms with Crippen LogP contribution in [0.4, 0.5) is 0 Å². The molecule has 2 heteroatoms. The van der Waals surface area contributed by atoms with Crippen LogP contribution in [-0.4, -0.2) is 9.13 Å². The summed E-state index contributed by atoms with van der Waals surface area (Å²) in [4.78, 5) is 0. The molecule has 0 spiro atoms. The molecule has 11 aromatic carbocycles. The zero-order valence-electron chi connectivity index (χ0n) is 36.0. The van der Waals surface area contributed by atoms with Crippen LogP contribution in [0.5, 0.6) is 0 Å². The monoisotopic (exact) mass is 836 g/mol. The maximum atomic E-state index is 2.49. The molecule has 0 saturated heterocycles. The van der Waals surface area contributed by atoms with Gasteiger partial charge in [0.1, 0.15) is 0 Å². The summed E-state index contributed by atoms with van der Waals surface area (Å²) in [6.45, 7) is 0. The third kappa shape index (κ3) is 5.55. The lowest BCUT2D eigenvalue weighted by Crippen LogP contribution is -1.96. The Morgan fingerprint density at radius 2 is 0.667 bits per heavy atom. The van der Waals surface area contributed by atoms with Gasteiger partial charge in [0.15, 0.2) is 0 Å².